The predicted molar refractivity (Wildman–Crippen MR) is 81.1 cm³/mol. The third-order valence-electron chi connectivity index (χ3n) is 3.43. The summed E-state index contributed by atoms with van der Waals surface area (Å²) < 4.78 is 1.20. The fourth-order valence-corrected chi connectivity index (χ4v) is 2.17. The first-order valence-electron chi connectivity index (χ1n) is 6.93. The average molecular weight is 331 g/mol. The quantitative estimate of drug-likeness (QED) is 0.416. The van der Waals surface area contributed by atoms with Gasteiger partial charge in [0.2, 0.25) is 0 Å². The number of fused-ring (bicyclic) bond motifs is 1. The number of nitro benzene ring substituents is 1. The van der Waals surface area contributed by atoms with E-state index in [2.05, 4.69) is 25.9 Å². The molecule has 3 N–H and O–H groups in total. The topological polar surface area (TPSA) is 152 Å². The van der Waals surface area contributed by atoms with Crippen molar-refractivity contribution in [3.05, 3.63) is 52.1 Å². The van der Waals surface area contributed by atoms with Crippen molar-refractivity contribution in [1.82, 2.24) is 25.3 Å². The number of hydrogen-bond acceptors (Lipinski definition) is 9. The lowest BCUT2D eigenvalue weighted by Crippen LogP contribution is -2.31. The van der Waals surface area contributed by atoms with E-state index in [4.69, 9.17) is 0 Å². The summed E-state index contributed by atoms with van der Waals surface area (Å²) in [5.41, 5.74) is 0.804. The predicted octanol–water partition coefficient (Wildman–Crippen LogP) is -0.0661. The van der Waals surface area contributed by atoms with Crippen molar-refractivity contribution >= 4 is 17.2 Å². The summed E-state index contributed by atoms with van der Waals surface area (Å²) in [6.45, 7) is -0.381. The van der Waals surface area contributed by atoms with E-state index in [1.54, 1.807) is 12.1 Å². The van der Waals surface area contributed by atoms with Gasteiger partial charge in [0.05, 0.1) is 17.6 Å². The molecule has 0 spiro atoms. The molecule has 0 saturated carbocycles. The second-order valence-corrected chi connectivity index (χ2v) is 4.97. The Balaban J connectivity index is 1.77. The third-order valence-corrected chi connectivity index (χ3v) is 3.43. The summed E-state index contributed by atoms with van der Waals surface area (Å²) in [7, 11) is 0. The Morgan fingerprint density at radius 1 is 1.25 bits per heavy atom. The maximum Gasteiger partial charge on any atom is 0.269 e. The molecule has 0 radical (unpaired) electrons. The molecule has 0 fully saturated rings. The number of nitrogens with one attached hydrogen (secondary N) is 1. The van der Waals surface area contributed by atoms with E-state index < -0.39 is 17.1 Å². The maximum absolute atomic E-state index is 10.7. The highest BCUT2D eigenvalue weighted by atomic mass is 16.6. The summed E-state index contributed by atoms with van der Waals surface area (Å²) in [5.74, 6) is 0.356. The summed E-state index contributed by atoms with van der Waals surface area (Å²) >= 11 is 0. The zero-order chi connectivity index (χ0) is 17.1. The minimum Gasteiger partial charge on any atom is -0.394 e. The molecule has 0 saturated heterocycles. The molecule has 0 aliphatic carbocycles. The first kappa shape index (κ1) is 15.7. The summed E-state index contributed by atoms with van der Waals surface area (Å²) in [4.78, 5) is 10.1. The Kier molecular flexibility index (Phi) is 4.26. The molecule has 0 aliphatic heterocycles. The average Bonchev–Trinajstić information content (AvgIpc) is 3.07. The lowest BCUT2D eigenvalue weighted by molar-refractivity contribution is -0.384. The Bertz CT molecular complexity index is 851. The number of hydrogen-bond donors (Lipinski definition) is 3. The highest BCUT2D eigenvalue weighted by molar-refractivity contribution is 5.43. The molecule has 0 bridgehead atoms. The van der Waals surface area contributed by atoms with Crippen molar-refractivity contribution < 1.29 is 15.1 Å². The van der Waals surface area contributed by atoms with Gasteiger partial charge in [-0.15, -0.1) is 14.8 Å². The lowest BCUT2D eigenvalue weighted by atomic mass is 10.0. The van der Waals surface area contributed by atoms with E-state index in [1.165, 1.54) is 28.9 Å². The number of anilines is 1. The molecule has 11 heteroatoms. The molecule has 0 aliphatic rings. The second kappa shape index (κ2) is 6.52. The molecule has 1 aromatic carbocycles. The van der Waals surface area contributed by atoms with Crippen molar-refractivity contribution in [3.8, 4) is 0 Å². The van der Waals surface area contributed by atoms with Crippen molar-refractivity contribution in [3.63, 3.8) is 0 Å². The van der Waals surface area contributed by atoms with Gasteiger partial charge in [0.15, 0.2) is 5.65 Å². The molecule has 2 heterocycles. The van der Waals surface area contributed by atoms with Crippen molar-refractivity contribution in [2.75, 3.05) is 11.9 Å². The highest BCUT2D eigenvalue weighted by Crippen LogP contribution is 2.22. The zero-order valence-corrected chi connectivity index (χ0v) is 12.2. The van der Waals surface area contributed by atoms with Crippen LogP contribution in [-0.2, 0) is 0 Å². The van der Waals surface area contributed by atoms with Crippen LogP contribution in [0.25, 0.3) is 5.65 Å². The zero-order valence-electron chi connectivity index (χ0n) is 12.2. The minimum absolute atomic E-state index is 0.0785. The minimum atomic E-state index is -1.10. The number of nitrogens with zero attached hydrogens (tertiary/aromatic N) is 6. The molecular formula is C13H13N7O4. The SMILES string of the molecule is O=[N+]([O-])c1ccc([C@H](O)[C@H](CO)Nc2ccc3nnnn3n2)cc1. The third kappa shape index (κ3) is 3.11. The van der Waals surface area contributed by atoms with Crippen LogP contribution in [0.15, 0.2) is 36.4 Å². The van der Waals surface area contributed by atoms with Gasteiger partial charge in [-0.2, -0.15) is 0 Å². The number of nitro groups is 1. The number of non-ortho nitro benzene ring substituents is 1. The van der Waals surface area contributed by atoms with Crippen LogP contribution in [0.4, 0.5) is 11.5 Å². The smallest absolute Gasteiger partial charge is 0.269 e. The van der Waals surface area contributed by atoms with Crippen LogP contribution in [0.1, 0.15) is 11.7 Å². The normalized spacial score (nSPS) is 13.6. The van der Waals surface area contributed by atoms with Crippen LogP contribution in [0.2, 0.25) is 0 Å². The fraction of sp³-hybridized carbons (Fsp3) is 0.231. The van der Waals surface area contributed by atoms with Crippen LogP contribution >= 0.6 is 0 Å². The number of aromatic nitrogens is 5. The summed E-state index contributed by atoms with van der Waals surface area (Å²) in [5, 5.41) is 48.4. The molecule has 11 nitrogen and oxygen atoms in total. The van der Waals surface area contributed by atoms with Gasteiger partial charge in [0.1, 0.15) is 11.9 Å². The van der Waals surface area contributed by atoms with Gasteiger partial charge in [-0.05, 0) is 40.3 Å². The van der Waals surface area contributed by atoms with Gasteiger partial charge in [-0.25, -0.2) is 0 Å². The van der Waals surface area contributed by atoms with Gasteiger partial charge in [-0.3, -0.25) is 10.1 Å². The Hall–Kier alpha value is -3.18. The number of rotatable bonds is 6. The number of aliphatic hydroxyl groups excluding tert-OH is 2. The van der Waals surface area contributed by atoms with Crippen LogP contribution in [0, 0.1) is 10.1 Å². The van der Waals surface area contributed by atoms with Crippen molar-refractivity contribution in [1.29, 1.82) is 0 Å². The highest BCUT2D eigenvalue weighted by Gasteiger charge is 2.21. The Morgan fingerprint density at radius 2 is 2.00 bits per heavy atom. The van der Waals surface area contributed by atoms with Crippen LogP contribution < -0.4 is 5.32 Å². The number of aliphatic hydroxyl groups is 2. The van der Waals surface area contributed by atoms with E-state index in [-0.39, 0.29) is 12.3 Å². The largest absolute Gasteiger partial charge is 0.394 e. The molecule has 0 amide bonds. The van der Waals surface area contributed by atoms with Gasteiger partial charge >= 0.3 is 0 Å². The monoisotopic (exact) mass is 331 g/mol. The first-order valence-corrected chi connectivity index (χ1v) is 6.93. The number of benzene rings is 1. The van der Waals surface area contributed by atoms with Crippen molar-refractivity contribution in [2.24, 2.45) is 0 Å². The summed E-state index contributed by atoms with van der Waals surface area (Å²) in [6, 6.07) is 7.92. The molecule has 24 heavy (non-hydrogen) atoms. The van der Waals surface area contributed by atoms with Gasteiger partial charge in [0.25, 0.3) is 5.69 Å². The van der Waals surface area contributed by atoms with E-state index in [1.807, 2.05) is 0 Å². The standard InChI is InChI=1S/C13H13N7O4/c21-7-10(13(22)8-1-3-9(4-2-8)20(23)24)14-11-5-6-12-15-17-18-19(12)16-11/h1-6,10,13,21-22H,7H2,(H,14,16)/t10-,13-/m0/s1. The second-order valence-electron chi connectivity index (χ2n) is 4.97. The van der Waals surface area contributed by atoms with Gasteiger partial charge in [0, 0.05) is 12.1 Å². The van der Waals surface area contributed by atoms with Crippen LogP contribution in [-0.4, -0.2) is 53.0 Å². The molecule has 2 atom stereocenters. The first-order chi connectivity index (χ1) is 11.6. The molecule has 0 unspecified atom stereocenters. The molecular weight excluding hydrogens is 318 g/mol. The van der Waals surface area contributed by atoms with Crippen molar-refractivity contribution in [2.45, 2.75) is 12.1 Å². The Morgan fingerprint density at radius 3 is 2.67 bits per heavy atom. The molecule has 2 aromatic heterocycles. The van der Waals surface area contributed by atoms with E-state index in [0.29, 0.717) is 17.0 Å². The van der Waals surface area contributed by atoms with Gasteiger partial charge in [-0.1, -0.05) is 0 Å². The van der Waals surface area contributed by atoms with E-state index in [9.17, 15) is 20.3 Å². The van der Waals surface area contributed by atoms with E-state index >= 15 is 0 Å². The maximum atomic E-state index is 10.7. The molecule has 124 valence electrons. The van der Waals surface area contributed by atoms with Gasteiger partial charge < -0.3 is 15.5 Å². The lowest BCUT2D eigenvalue weighted by Gasteiger charge is -2.22. The molecule has 3 rings (SSSR count). The van der Waals surface area contributed by atoms with Crippen LogP contribution in [0.3, 0.4) is 0 Å². The number of tetrazole rings is 1. The Labute approximate surface area is 134 Å². The molecule has 3 aromatic rings. The van der Waals surface area contributed by atoms with E-state index in [0.717, 1.165) is 0 Å². The fourth-order valence-electron chi connectivity index (χ4n) is 2.17. The van der Waals surface area contributed by atoms with Crippen LogP contribution in [0.5, 0.6) is 0 Å². The summed E-state index contributed by atoms with van der Waals surface area (Å²) in [6.07, 6.45) is -1.10.